The Labute approximate surface area is 177 Å². The van der Waals surface area contributed by atoms with Crippen molar-refractivity contribution in [1.82, 2.24) is 0 Å². The molecule has 0 aliphatic rings. The Kier molecular flexibility index (Phi) is 14.9. The molecule has 0 amide bonds. The van der Waals surface area contributed by atoms with Crippen LogP contribution >= 0.6 is 15.9 Å². The molecule has 0 saturated carbocycles. The molecule has 0 aliphatic carbocycles. The minimum atomic E-state index is -0.960. The Bertz CT molecular complexity index is 678. The minimum absolute atomic E-state index is 0.0347. The van der Waals surface area contributed by atoms with Crippen LogP contribution in [0.1, 0.15) is 11.1 Å². The van der Waals surface area contributed by atoms with Crippen LogP contribution in [0.25, 0.3) is 0 Å². The molecular formula is C20H25BrO8. The highest BCUT2D eigenvalue weighted by molar-refractivity contribution is 9.09. The van der Waals surface area contributed by atoms with Crippen molar-refractivity contribution in [3.8, 4) is 11.5 Å². The maximum Gasteiger partial charge on any atom is 0.329 e. The van der Waals surface area contributed by atoms with Crippen LogP contribution < -0.4 is 9.47 Å². The first kappa shape index (κ1) is 26.4. The summed E-state index contributed by atoms with van der Waals surface area (Å²) in [6.45, 7) is 0.117. The number of benzene rings is 2. The predicted molar refractivity (Wildman–Crippen MR) is 111 cm³/mol. The lowest BCUT2D eigenvalue weighted by molar-refractivity contribution is -0.142. The van der Waals surface area contributed by atoms with E-state index in [1.807, 2.05) is 36.4 Å². The van der Waals surface area contributed by atoms with Crippen molar-refractivity contribution in [2.75, 3.05) is 26.2 Å². The number of rotatable bonds is 8. The Balaban J connectivity index is 0.000000455. The quantitative estimate of drug-likeness (QED) is 0.501. The SMILES string of the molecule is COc1ccc(CO)cc1.COc1ccc(COCC(=O)O)cc1.O=C(O)CBr. The molecule has 0 saturated heterocycles. The van der Waals surface area contributed by atoms with E-state index in [0.717, 1.165) is 22.6 Å². The Morgan fingerprint density at radius 3 is 1.55 bits per heavy atom. The van der Waals surface area contributed by atoms with Crippen LogP contribution in [0.2, 0.25) is 0 Å². The highest BCUT2D eigenvalue weighted by Crippen LogP contribution is 2.12. The molecule has 0 atom stereocenters. The molecule has 0 heterocycles. The van der Waals surface area contributed by atoms with Crippen molar-refractivity contribution >= 4 is 27.9 Å². The van der Waals surface area contributed by atoms with Crippen LogP contribution in [0, 0.1) is 0 Å². The maximum atomic E-state index is 10.1. The number of aliphatic hydroxyl groups is 1. The molecule has 0 unspecified atom stereocenters. The smallest absolute Gasteiger partial charge is 0.329 e. The third-order valence-corrected chi connectivity index (χ3v) is 3.59. The summed E-state index contributed by atoms with van der Waals surface area (Å²) in [5.74, 6) is -0.201. The number of ether oxygens (including phenoxy) is 3. The lowest BCUT2D eigenvalue weighted by Crippen LogP contribution is -2.06. The van der Waals surface area contributed by atoms with Crippen LogP contribution in [0.4, 0.5) is 0 Å². The lowest BCUT2D eigenvalue weighted by Gasteiger charge is -2.03. The molecule has 0 aromatic heterocycles. The molecule has 29 heavy (non-hydrogen) atoms. The fourth-order valence-electron chi connectivity index (χ4n) is 1.71. The Morgan fingerprint density at radius 2 is 1.24 bits per heavy atom. The molecule has 0 bridgehead atoms. The van der Waals surface area contributed by atoms with Crippen molar-refractivity contribution in [2.45, 2.75) is 13.2 Å². The first-order chi connectivity index (χ1) is 13.9. The zero-order chi connectivity index (χ0) is 22.1. The van der Waals surface area contributed by atoms with Gasteiger partial charge in [0.25, 0.3) is 0 Å². The van der Waals surface area contributed by atoms with E-state index < -0.39 is 11.9 Å². The van der Waals surface area contributed by atoms with Crippen molar-refractivity contribution in [3.63, 3.8) is 0 Å². The van der Waals surface area contributed by atoms with Gasteiger partial charge in [-0.1, -0.05) is 40.2 Å². The number of alkyl halides is 1. The van der Waals surface area contributed by atoms with Crippen molar-refractivity contribution < 1.29 is 39.1 Å². The minimum Gasteiger partial charge on any atom is -0.497 e. The van der Waals surface area contributed by atoms with Gasteiger partial charge in [-0.15, -0.1) is 0 Å². The van der Waals surface area contributed by atoms with Crippen molar-refractivity contribution in [3.05, 3.63) is 59.7 Å². The Hall–Kier alpha value is -2.62. The molecular weight excluding hydrogens is 448 g/mol. The monoisotopic (exact) mass is 472 g/mol. The van der Waals surface area contributed by atoms with Gasteiger partial charge in [-0.3, -0.25) is 4.79 Å². The molecule has 0 fully saturated rings. The van der Waals surface area contributed by atoms with Crippen LogP contribution in [-0.2, 0) is 27.5 Å². The zero-order valence-corrected chi connectivity index (χ0v) is 17.8. The van der Waals surface area contributed by atoms with E-state index in [-0.39, 0.29) is 18.5 Å². The standard InChI is InChI=1S/C10H12O4.C8H10O2.C2H3BrO2/c1-13-9-4-2-8(3-5-9)6-14-7-10(11)12;1-10-8-4-2-7(6-9)3-5-8;3-1-2(4)5/h2-5H,6-7H2,1H3,(H,11,12);2-5,9H,6H2,1H3;1H2,(H,4,5). The highest BCUT2D eigenvalue weighted by Gasteiger charge is 1.98. The third-order valence-electron chi connectivity index (χ3n) is 3.11. The van der Waals surface area contributed by atoms with Gasteiger partial charge in [-0.05, 0) is 35.4 Å². The topological polar surface area (TPSA) is 123 Å². The van der Waals surface area contributed by atoms with Crippen molar-refractivity contribution in [2.24, 2.45) is 0 Å². The molecule has 0 aliphatic heterocycles. The number of methoxy groups -OCH3 is 2. The number of carboxylic acid groups (broad SMARTS) is 2. The fourth-order valence-corrected chi connectivity index (χ4v) is 1.71. The Morgan fingerprint density at radius 1 is 0.828 bits per heavy atom. The summed E-state index contributed by atoms with van der Waals surface area (Å²) in [5.41, 5.74) is 1.83. The second kappa shape index (κ2) is 16.3. The lowest BCUT2D eigenvalue weighted by atomic mass is 10.2. The highest BCUT2D eigenvalue weighted by atomic mass is 79.9. The summed E-state index contributed by atoms with van der Waals surface area (Å²) in [6, 6.07) is 14.6. The number of aliphatic hydroxyl groups excluding tert-OH is 1. The summed E-state index contributed by atoms with van der Waals surface area (Å²) in [6.07, 6.45) is 0. The van der Waals surface area contributed by atoms with Gasteiger partial charge in [0.05, 0.1) is 27.4 Å². The second-order valence-corrected chi connectivity index (χ2v) is 5.83. The fraction of sp³-hybridized carbons (Fsp3) is 0.300. The summed E-state index contributed by atoms with van der Waals surface area (Å²) in [7, 11) is 3.21. The van der Waals surface area contributed by atoms with E-state index in [9.17, 15) is 9.59 Å². The maximum absolute atomic E-state index is 10.1. The molecule has 3 N–H and O–H groups in total. The summed E-state index contributed by atoms with van der Waals surface area (Å²) in [4.78, 5) is 19.5. The van der Waals surface area contributed by atoms with Crippen molar-refractivity contribution in [1.29, 1.82) is 0 Å². The van der Waals surface area contributed by atoms with Gasteiger partial charge < -0.3 is 29.5 Å². The van der Waals surface area contributed by atoms with E-state index in [0.29, 0.717) is 6.61 Å². The van der Waals surface area contributed by atoms with E-state index >= 15 is 0 Å². The molecule has 2 aromatic carbocycles. The second-order valence-electron chi connectivity index (χ2n) is 5.27. The first-order valence-corrected chi connectivity index (χ1v) is 9.42. The summed E-state index contributed by atoms with van der Waals surface area (Å²) in [5, 5.41) is 24.7. The van der Waals surface area contributed by atoms with Gasteiger partial charge >= 0.3 is 11.9 Å². The van der Waals surface area contributed by atoms with Crippen LogP contribution in [-0.4, -0.2) is 53.4 Å². The third kappa shape index (κ3) is 14.1. The predicted octanol–water partition coefficient (Wildman–Crippen LogP) is 2.95. The van der Waals surface area contributed by atoms with Crippen LogP contribution in [0.15, 0.2) is 48.5 Å². The first-order valence-electron chi connectivity index (χ1n) is 8.30. The van der Waals surface area contributed by atoms with E-state index in [4.69, 9.17) is 29.5 Å². The largest absolute Gasteiger partial charge is 0.497 e. The molecule has 0 radical (unpaired) electrons. The van der Waals surface area contributed by atoms with E-state index in [1.165, 1.54) is 0 Å². The number of carbonyl (C=O) groups is 2. The number of carboxylic acids is 2. The molecule has 160 valence electrons. The zero-order valence-electron chi connectivity index (χ0n) is 16.2. The van der Waals surface area contributed by atoms with Crippen LogP contribution in [0.5, 0.6) is 11.5 Å². The molecule has 2 aromatic rings. The number of halogens is 1. The normalized spacial score (nSPS) is 9.24. The molecule has 2 rings (SSSR count). The van der Waals surface area contributed by atoms with E-state index in [1.54, 1.807) is 26.4 Å². The van der Waals surface area contributed by atoms with Gasteiger partial charge in [0.2, 0.25) is 0 Å². The number of aliphatic carboxylic acids is 2. The summed E-state index contributed by atoms with van der Waals surface area (Å²) >= 11 is 2.71. The molecule has 8 nitrogen and oxygen atoms in total. The number of hydrogen-bond acceptors (Lipinski definition) is 6. The van der Waals surface area contributed by atoms with Gasteiger partial charge in [-0.25, -0.2) is 4.79 Å². The van der Waals surface area contributed by atoms with Gasteiger partial charge in [-0.2, -0.15) is 0 Å². The molecule has 0 spiro atoms. The van der Waals surface area contributed by atoms with Gasteiger partial charge in [0.1, 0.15) is 23.4 Å². The molecule has 9 heteroatoms. The van der Waals surface area contributed by atoms with Crippen LogP contribution in [0.3, 0.4) is 0 Å². The summed E-state index contributed by atoms with van der Waals surface area (Å²) < 4.78 is 14.8. The number of hydrogen-bond donors (Lipinski definition) is 3. The average molecular weight is 473 g/mol. The van der Waals surface area contributed by atoms with Gasteiger partial charge in [0, 0.05) is 0 Å². The average Bonchev–Trinajstić information content (AvgIpc) is 2.75. The van der Waals surface area contributed by atoms with Gasteiger partial charge in [0.15, 0.2) is 0 Å². The van der Waals surface area contributed by atoms with E-state index in [2.05, 4.69) is 15.9 Å².